The van der Waals surface area contributed by atoms with E-state index in [1.54, 1.807) is 0 Å². The van der Waals surface area contributed by atoms with Crippen LogP contribution in [-0.2, 0) is 6.54 Å². The Morgan fingerprint density at radius 2 is 1.86 bits per heavy atom. The van der Waals surface area contributed by atoms with Crippen molar-refractivity contribution in [2.45, 2.75) is 26.4 Å². The lowest BCUT2D eigenvalue weighted by atomic mass is 10.1. The molecule has 3 N–H and O–H groups in total. The summed E-state index contributed by atoms with van der Waals surface area (Å²) in [4.78, 5) is 12.0. The fourth-order valence-electron chi connectivity index (χ4n) is 1.95. The number of benzene rings is 2. The summed E-state index contributed by atoms with van der Waals surface area (Å²) in [6.07, 6.45) is 0. The Hall–Kier alpha value is -1.85. The molecule has 0 saturated heterocycles. The fourth-order valence-corrected chi connectivity index (χ4v) is 2.21. The minimum Gasteiger partial charge on any atom is -0.350 e. The lowest BCUT2D eigenvalue weighted by Crippen LogP contribution is -2.30. The number of nitrogens with one attached hydrogen (secondary N) is 3. The third kappa shape index (κ3) is 5.16. The number of halogens is 1. The highest BCUT2D eigenvalue weighted by molar-refractivity contribution is 9.10. The van der Waals surface area contributed by atoms with E-state index in [0.29, 0.717) is 12.1 Å². The highest BCUT2D eigenvalue weighted by Gasteiger charge is 2.07. The van der Waals surface area contributed by atoms with Gasteiger partial charge in [0.25, 0.3) is 5.91 Å². The Bertz CT molecular complexity index is 626. The number of carbonyl (C=O) groups is 1. The molecule has 0 radical (unpaired) electrons. The first-order valence-corrected chi connectivity index (χ1v) is 7.98. The number of anilines is 1. The number of amides is 1. The molecule has 22 heavy (non-hydrogen) atoms. The molecule has 0 bridgehead atoms. The van der Waals surface area contributed by atoms with E-state index in [1.165, 1.54) is 0 Å². The quantitative estimate of drug-likeness (QED) is 0.687. The van der Waals surface area contributed by atoms with Gasteiger partial charge in [0.05, 0.1) is 0 Å². The lowest BCUT2D eigenvalue weighted by Gasteiger charge is -2.11. The van der Waals surface area contributed by atoms with Crippen molar-refractivity contribution in [3.63, 3.8) is 0 Å². The van der Waals surface area contributed by atoms with Crippen LogP contribution in [0.15, 0.2) is 53.0 Å². The van der Waals surface area contributed by atoms with Gasteiger partial charge in [-0.25, -0.2) is 5.43 Å². The van der Waals surface area contributed by atoms with Crippen molar-refractivity contribution < 1.29 is 4.79 Å². The zero-order valence-corrected chi connectivity index (χ0v) is 14.3. The molecule has 2 aromatic rings. The van der Waals surface area contributed by atoms with Crippen molar-refractivity contribution in [2.24, 2.45) is 0 Å². The maximum absolute atomic E-state index is 12.0. The first kappa shape index (κ1) is 16.5. The Balaban J connectivity index is 1.90. The van der Waals surface area contributed by atoms with Gasteiger partial charge in [-0.1, -0.05) is 28.1 Å². The van der Waals surface area contributed by atoms with E-state index in [4.69, 9.17) is 0 Å². The molecule has 1 amide bonds. The van der Waals surface area contributed by atoms with E-state index in [-0.39, 0.29) is 11.9 Å². The van der Waals surface area contributed by atoms with E-state index >= 15 is 0 Å². The first-order chi connectivity index (χ1) is 10.5. The molecule has 0 fully saturated rings. The summed E-state index contributed by atoms with van der Waals surface area (Å²) in [7, 11) is 0. The zero-order chi connectivity index (χ0) is 15.9. The molecule has 0 aliphatic heterocycles. The molecule has 116 valence electrons. The number of carbonyl (C=O) groups excluding carboxylic acids is 1. The third-order valence-electron chi connectivity index (χ3n) is 2.98. The van der Waals surface area contributed by atoms with Gasteiger partial charge in [-0.15, -0.1) is 0 Å². The number of hydrogen-bond acceptors (Lipinski definition) is 3. The fraction of sp³-hybridized carbons (Fsp3) is 0.235. The largest absolute Gasteiger partial charge is 0.350 e. The van der Waals surface area contributed by atoms with Gasteiger partial charge in [-0.3, -0.25) is 4.79 Å². The molecular formula is C17H20BrN3O. The van der Waals surface area contributed by atoms with Crippen LogP contribution in [0, 0.1) is 0 Å². The van der Waals surface area contributed by atoms with Crippen LogP contribution in [0.2, 0.25) is 0 Å². The summed E-state index contributed by atoms with van der Waals surface area (Å²) in [6.45, 7) is 4.52. The van der Waals surface area contributed by atoms with Crippen molar-refractivity contribution in [3.8, 4) is 0 Å². The van der Waals surface area contributed by atoms with E-state index < -0.39 is 0 Å². The summed E-state index contributed by atoms with van der Waals surface area (Å²) in [5.41, 5.74) is 8.98. The van der Waals surface area contributed by atoms with E-state index in [1.807, 2.05) is 62.4 Å². The van der Waals surface area contributed by atoms with E-state index in [2.05, 4.69) is 32.1 Å². The zero-order valence-electron chi connectivity index (χ0n) is 12.7. The third-order valence-corrected chi connectivity index (χ3v) is 3.51. The second kappa shape index (κ2) is 7.96. The molecule has 2 aromatic carbocycles. The normalized spacial score (nSPS) is 10.5. The van der Waals surface area contributed by atoms with Crippen LogP contribution in [0.4, 0.5) is 5.69 Å². The molecule has 0 atom stereocenters. The number of rotatable bonds is 6. The molecule has 4 nitrogen and oxygen atoms in total. The first-order valence-electron chi connectivity index (χ1n) is 7.19. The maximum atomic E-state index is 12.0. The van der Waals surface area contributed by atoms with Crippen LogP contribution >= 0.6 is 15.9 Å². The van der Waals surface area contributed by atoms with Crippen molar-refractivity contribution in [1.29, 1.82) is 0 Å². The van der Waals surface area contributed by atoms with Gasteiger partial charge >= 0.3 is 0 Å². The average Bonchev–Trinajstić information content (AvgIpc) is 2.49. The average molecular weight is 362 g/mol. The highest BCUT2D eigenvalue weighted by Crippen LogP contribution is 2.13. The standard InChI is InChI=1S/C17H20BrN3O/c1-12(2)20-17(22)14-5-3-4-13(10-14)11-19-21-16-8-6-15(18)7-9-16/h3-10,12,19,21H,11H2,1-2H3,(H,20,22). The van der Waals surface area contributed by atoms with Crippen LogP contribution < -0.4 is 16.2 Å². The molecule has 0 aromatic heterocycles. The summed E-state index contributed by atoms with van der Waals surface area (Å²) in [5, 5.41) is 2.89. The molecule has 2 rings (SSSR count). The minimum absolute atomic E-state index is 0.0438. The van der Waals surface area contributed by atoms with Crippen molar-refractivity contribution in [1.82, 2.24) is 10.7 Å². The molecule has 0 heterocycles. The maximum Gasteiger partial charge on any atom is 0.251 e. The van der Waals surface area contributed by atoms with Crippen LogP contribution in [0.5, 0.6) is 0 Å². The summed E-state index contributed by atoms with van der Waals surface area (Å²) in [6, 6.07) is 15.6. The highest BCUT2D eigenvalue weighted by atomic mass is 79.9. The van der Waals surface area contributed by atoms with Crippen molar-refractivity contribution >= 4 is 27.5 Å². The minimum atomic E-state index is -0.0438. The van der Waals surface area contributed by atoms with Crippen LogP contribution in [0.1, 0.15) is 29.8 Å². The van der Waals surface area contributed by atoms with Gasteiger partial charge in [0.1, 0.15) is 0 Å². The van der Waals surface area contributed by atoms with Gasteiger partial charge in [0, 0.05) is 28.3 Å². The molecule has 0 unspecified atom stereocenters. The topological polar surface area (TPSA) is 53.2 Å². The van der Waals surface area contributed by atoms with Crippen LogP contribution in [0.25, 0.3) is 0 Å². The lowest BCUT2D eigenvalue weighted by molar-refractivity contribution is 0.0943. The summed E-state index contributed by atoms with van der Waals surface area (Å²) >= 11 is 3.40. The summed E-state index contributed by atoms with van der Waals surface area (Å²) in [5.74, 6) is -0.0438. The molecular weight excluding hydrogens is 342 g/mol. The SMILES string of the molecule is CC(C)NC(=O)c1cccc(CNNc2ccc(Br)cc2)c1. The van der Waals surface area contributed by atoms with E-state index in [0.717, 1.165) is 15.7 Å². The van der Waals surface area contributed by atoms with Crippen molar-refractivity contribution in [3.05, 3.63) is 64.1 Å². The molecule has 0 aliphatic carbocycles. The smallest absolute Gasteiger partial charge is 0.251 e. The van der Waals surface area contributed by atoms with Gasteiger partial charge in [0.15, 0.2) is 0 Å². The second-order valence-electron chi connectivity index (χ2n) is 5.31. The molecule has 0 aliphatic rings. The van der Waals surface area contributed by atoms with Gasteiger partial charge in [-0.2, -0.15) is 0 Å². The predicted molar refractivity (Wildman–Crippen MR) is 93.6 cm³/mol. The van der Waals surface area contributed by atoms with Gasteiger partial charge < -0.3 is 10.7 Å². The number of hydrogen-bond donors (Lipinski definition) is 3. The number of hydrazine groups is 1. The van der Waals surface area contributed by atoms with Crippen LogP contribution in [0.3, 0.4) is 0 Å². The predicted octanol–water partition coefficient (Wildman–Crippen LogP) is 3.70. The monoisotopic (exact) mass is 361 g/mol. The van der Waals surface area contributed by atoms with E-state index in [9.17, 15) is 4.79 Å². The molecule has 0 spiro atoms. The summed E-state index contributed by atoms with van der Waals surface area (Å²) < 4.78 is 1.04. The van der Waals surface area contributed by atoms with Crippen LogP contribution in [-0.4, -0.2) is 11.9 Å². The Kier molecular flexibility index (Phi) is 5.98. The second-order valence-corrected chi connectivity index (χ2v) is 6.23. The molecule has 5 heteroatoms. The van der Waals surface area contributed by atoms with Gasteiger partial charge in [0.2, 0.25) is 0 Å². The Labute approximate surface area is 139 Å². The van der Waals surface area contributed by atoms with Crippen molar-refractivity contribution in [2.75, 3.05) is 5.43 Å². The molecule has 0 saturated carbocycles. The Morgan fingerprint density at radius 1 is 1.14 bits per heavy atom. The Morgan fingerprint density at radius 3 is 2.55 bits per heavy atom. The van der Waals surface area contributed by atoms with Gasteiger partial charge in [-0.05, 0) is 55.8 Å².